The SMILES string of the molecule is CC[C@H](C)Nc1cc(-c2ccncc2)nc2cnccc12. The maximum Gasteiger partial charge on any atom is 0.0913 e. The summed E-state index contributed by atoms with van der Waals surface area (Å²) in [5, 5.41) is 4.66. The van der Waals surface area contributed by atoms with Gasteiger partial charge in [-0.15, -0.1) is 0 Å². The first-order valence-corrected chi connectivity index (χ1v) is 7.19. The van der Waals surface area contributed by atoms with E-state index in [0.29, 0.717) is 6.04 Å². The fourth-order valence-electron chi connectivity index (χ4n) is 2.24. The Morgan fingerprint density at radius 3 is 2.62 bits per heavy atom. The van der Waals surface area contributed by atoms with Gasteiger partial charge in [-0.3, -0.25) is 9.97 Å². The van der Waals surface area contributed by atoms with Crippen LogP contribution in [0, 0.1) is 0 Å². The average Bonchev–Trinajstić information content (AvgIpc) is 2.55. The Morgan fingerprint density at radius 2 is 1.86 bits per heavy atom. The molecule has 0 radical (unpaired) electrons. The van der Waals surface area contributed by atoms with E-state index in [9.17, 15) is 0 Å². The molecule has 0 unspecified atom stereocenters. The van der Waals surface area contributed by atoms with Gasteiger partial charge in [0.25, 0.3) is 0 Å². The number of rotatable bonds is 4. The Labute approximate surface area is 124 Å². The van der Waals surface area contributed by atoms with Crippen molar-refractivity contribution in [3.63, 3.8) is 0 Å². The van der Waals surface area contributed by atoms with E-state index in [4.69, 9.17) is 4.98 Å². The third-order valence-electron chi connectivity index (χ3n) is 3.60. The molecule has 0 aliphatic heterocycles. The quantitative estimate of drug-likeness (QED) is 0.786. The maximum absolute atomic E-state index is 4.71. The Balaban J connectivity index is 2.15. The highest BCUT2D eigenvalue weighted by molar-refractivity contribution is 5.93. The van der Waals surface area contributed by atoms with Gasteiger partial charge in [-0.2, -0.15) is 0 Å². The van der Waals surface area contributed by atoms with Crippen LogP contribution in [0.2, 0.25) is 0 Å². The topological polar surface area (TPSA) is 50.7 Å². The lowest BCUT2D eigenvalue weighted by Gasteiger charge is -2.16. The van der Waals surface area contributed by atoms with E-state index in [0.717, 1.165) is 34.3 Å². The fraction of sp³-hybridized carbons (Fsp3) is 0.235. The molecule has 0 bridgehead atoms. The second-order valence-corrected chi connectivity index (χ2v) is 5.14. The van der Waals surface area contributed by atoms with Gasteiger partial charge in [0.15, 0.2) is 0 Å². The van der Waals surface area contributed by atoms with Gasteiger partial charge in [-0.1, -0.05) is 6.92 Å². The van der Waals surface area contributed by atoms with Crippen molar-refractivity contribution in [3.8, 4) is 11.3 Å². The van der Waals surface area contributed by atoms with Gasteiger partial charge in [0.2, 0.25) is 0 Å². The molecular weight excluding hydrogens is 260 g/mol. The van der Waals surface area contributed by atoms with E-state index >= 15 is 0 Å². The minimum atomic E-state index is 0.411. The largest absolute Gasteiger partial charge is 0.382 e. The van der Waals surface area contributed by atoms with E-state index in [1.54, 1.807) is 18.6 Å². The zero-order chi connectivity index (χ0) is 14.7. The Kier molecular flexibility index (Phi) is 3.77. The molecule has 0 saturated carbocycles. The zero-order valence-electron chi connectivity index (χ0n) is 12.2. The highest BCUT2D eigenvalue weighted by Crippen LogP contribution is 2.28. The first kappa shape index (κ1) is 13.5. The van der Waals surface area contributed by atoms with Crippen LogP contribution in [0.5, 0.6) is 0 Å². The monoisotopic (exact) mass is 278 g/mol. The van der Waals surface area contributed by atoms with Gasteiger partial charge < -0.3 is 5.32 Å². The van der Waals surface area contributed by atoms with Crippen LogP contribution in [-0.2, 0) is 0 Å². The van der Waals surface area contributed by atoms with Crippen LogP contribution in [0.1, 0.15) is 20.3 Å². The molecule has 0 spiro atoms. The van der Waals surface area contributed by atoms with Crippen molar-refractivity contribution in [2.24, 2.45) is 0 Å². The lowest BCUT2D eigenvalue weighted by molar-refractivity contribution is 0.765. The van der Waals surface area contributed by atoms with E-state index in [2.05, 4.69) is 35.2 Å². The van der Waals surface area contributed by atoms with E-state index in [1.165, 1.54) is 0 Å². The molecule has 3 aromatic heterocycles. The number of hydrogen-bond donors (Lipinski definition) is 1. The third kappa shape index (κ3) is 2.84. The van der Waals surface area contributed by atoms with Gasteiger partial charge >= 0.3 is 0 Å². The third-order valence-corrected chi connectivity index (χ3v) is 3.60. The zero-order valence-corrected chi connectivity index (χ0v) is 12.2. The molecule has 3 rings (SSSR count). The van der Waals surface area contributed by atoms with Crippen molar-refractivity contribution < 1.29 is 0 Å². The molecule has 3 heterocycles. The van der Waals surface area contributed by atoms with Gasteiger partial charge in [0, 0.05) is 41.3 Å². The number of pyridine rings is 3. The molecule has 0 aliphatic rings. The molecule has 106 valence electrons. The molecule has 21 heavy (non-hydrogen) atoms. The molecule has 4 nitrogen and oxygen atoms in total. The molecule has 4 heteroatoms. The summed E-state index contributed by atoms with van der Waals surface area (Å²) < 4.78 is 0. The number of nitrogens with one attached hydrogen (secondary N) is 1. The summed E-state index contributed by atoms with van der Waals surface area (Å²) in [5.74, 6) is 0. The van der Waals surface area contributed by atoms with E-state index in [-0.39, 0.29) is 0 Å². The second kappa shape index (κ2) is 5.87. The van der Waals surface area contributed by atoms with Crippen molar-refractivity contribution in [1.29, 1.82) is 0 Å². The predicted molar refractivity (Wildman–Crippen MR) is 86.1 cm³/mol. The van der Waals surface area contributed by atoms with Crippen molar-refractivity contribution >= 4 is 16.6 Å². The molecule has 0 aliphatic carbocycles. The fourth-order valence-corrected chi connectivity index (χ4v) is 2.24. The summed E-state index contributed by atoms with van der Waals surface area (Å²) in [6, 6.07) is 8.46. The van der Waals surface area contributed by atoms with Gasteiger partial charge in [0.1, 0.15) is 0 Å². The van der Waals surface area contributed by atoms with Crippen molar-refractivity contribution in [1.82, 2.24) is 15.0 Å². The summed E-state index contributed by atoms with van der Waals surface area (Å²) in [6.07, 6.45) is 8.25. The standard InChI is InChI=1S/C17H18N4/c1-3-12(2)20-16-10-15(13-4-7-18-8-5-13)21-17-11-19-9-6-14(16)17/h4-12H,3H2,1-2H3,(H,20,21)/t12-/m0/s1. The van der Waals surface area contributed by atoms with E-state index < -0.39 is 0 Å². The highest BCUT2D eigenvalue weighted by Gasteiger charge is 2.09. The van der Waals surface area contributed by atoms with Crippen LogP contribution in [0.25, 0.3) is 22.2 Å². The number of nitrogens with zero attached hydrogens (tertiary/aromatic N) is 3. The smallest absolute Gasteiger partial charge is 0.0913 e. The molecular formula is C17H18N4. The van der Waals surface area contributed by atoms with Crippen molar-refractivity contribution in [2.45, 2.75) is 26.3 Å². The summed E-state index contributed by atoms with van der Waals surface area (Å²) in [5.41, 5.74) is 3.99. The lowest BCUT2D eigenvalue weighted by Crippen LogP contribution is -2.14. The minimum absolute atomic E-state index is 0.411. The number of fused-ring (bicyclic) bond motifs is 1. The second-order valence-electron chi connectivity index (χ2n) is 5.14. The number of anilines is 1. The maximum atomic E-state index is 4.71. The summed E-state index contributed by atoms with van der Waals surface area (Å²) in [4.78, 5) is 13.0. The molecule has 0 aromatic carbocycles. The Bertz CT molecular complexity index is 740. The van der Waals surface area contributed by atoms with Crippen LogP contribution in [-0.4, -0.2) is 21.0 Å². The summed E-state index contributed by atoms with van der Waals surface area (Å²) in [6.45, 7) is 4.35. The minimum Gasteiger partial charge on any atom is -0.382 e. The summed E-state index contributed by atoms with van der Waals surface area (Å²) >= 11 is 0. The van der Waals surface area contributed by atoms with Gasteiger partial charge in [-0.25, -0.2) is 4.98 Å². The average molecular weight is 278 g/mol. The van der Waals surface area contributed by atoms with Crippen molar-refractivity contribution in [3.05, 3.63) is 49.1 Å². The molecule has 0 saturated heterocycles. The molecule has 0 amide bonds. The first-order valence-electron chi connectivity index (χ1n) is 7.19. The number of aromatic nitrogens is 3. The van der Waals surface area contributed by atoms with Gasteiger partial charge in [0.05, 0.1) is 17.4 Å². The Hall–Kier alpha value is -2.49. The molecule has 0 fully saturated rings. The van der Waals surface area contributed by atoms with Crippen LogP contribution in [0.15, 0.2) is 49.1 Å². The van der Waals surface area contributed by atoms with E-state index in [1.807, 2.05) is 24.4 Å². The highest BCUT2D eigenvalue weighted by atomic mass is 14.9. The normalized spacial score (nSPS) is 12.3. The van der Waals surface area contributed by atoms with Gasteiger partial charge in [-0.05, 0) is 37.6 Å². The molecule has 1 N–H and O–H groups in total. The Morgan fingerprint density at radius 1 is 1.10 bits per heavy atom. The number of hydrogen-bond acceptors (Lipinski definition) is 4. The first-order chi connectivity index (χ1) is 10.3. The predicted octanol–water partition coefficient (Wildman–Crippen LogP) is 3.90. The van der Waals surface area contributed by atoms with Crippen LogP contribution in [0.3, 0.4) is 0 Å². The van der Waals surface area contributed by atoms with Crippen LogP contribution >= 0.6 is 0 Å². The van der Waals surface area contributed by atoms with Crippen LogP contribution < -0.4 is 5.32 Å². The summed E-state index contributed by atoms with van der Waals surface area (Å²) in [7, 11) is 0. The van der Waals surface area contributed by atoms with Crippen molar-refractivity contribution in [2.75, 3.05) is 5.32 Å². The molecule has 3 aromatic rings. The lowest BCUT2D eigenvalue weighted by atomic mass is 10.1. The van der Waals surface area contributed by atoms with Crippen LogP contribution in [0.4, 0.5) is 5.69 Å². The molecule has 1 atom stereocenters.